The maximum absolute atomic E-state index is 4.75. The summed E-state index contributed by atoms with van der Waals surface area (Å²) in [5.74, 6) is 1.53. The first kappa shape index (κ1) is 18.9. The molecule has 0 aliphatic heterocycles. The molecular formula is C23H28N4. The molecule has 0 radical (unpaired) electrons. The first-order valence-corrected chi connectivity index (χ1v) is 9.30. The molecule has 0 atom stereocenters. The number of nitrogens with one attached hydrogen (secondary N) is 1. The molecule has 27 heavy (non-hydrogen) atoms. The molecule has 0 saturated carbocycles. The quantitative estimate of drug-likeness (QED) is 0.656. The van der Waals surface area contributed by atoms with Gasteiger partial charge < -0.3 is 10.2 Å². The van der Waals surface area contributed by atoms with Crippen molar-refractivity contribution in [2.45, 2.75) is 39.7 Å². The molecule has 1 N–H and O–H groups in total. The third kappa shape index (κ3) is 4.85. The van der Waals surface area contributed by atoms with Gasteiger partial charge in [0.1, 0.15) is 5.82 Å². The molecule has 2 aromatic carbocycles. The van der Waals surface area contributed by atoms with E-state index in [1.807, 2.05) is 25.1 Å². The van der Waals surface area contributed by atoms with Crippen LogP contribution in [0.15, 0.2) is 60.7 Å². The summed E-state index contributed by atoms with van der Waals surface area (Å²) in [6, 6.07) is 20.8. The molecule has 0 unspecified atom stereocenters. The first-order chi connectivity index (χ1) is 12.8. The fourth-order valence-corrected chi connectivity index (χ4v) is 3.11. The summed E-state index contributed by atoms with van der Waals surface area (Å²) in [5, 5.41) is 3.43. The molecule has 3 aromatic rings. The van der Waals surface area contributed by atoms with Gasteiger partial charge in [0.05, 0.1) is 0 Å². The molecule has 0 fully saturated rings. The van der Waals surface area contributed by atoms with Crippen molar-refractivity contribution in [3.8, 4) is 0 Å². The lowest BCUT2D eigenvalue weighted by molar-refractivity contribution is 0.592. The minimum absolute atomic E-state index is 0.0420. The second kappa shape index (κ2) is 7.78. The average molecular weight is 361 g/mol. The van der Waals surface area contributed by atoms with Crippen LogP contribution < -0.4 is 10.2 Å². The Labute approximate surface area is 162 Å². The van der Waals surface area contributed by atoms with Crippen molar-refractivity contribution >= 4 is 17.5 Å². The number of benzene rings is 2. The molecule has 1 heterocycles. The summed E-state index contributed by atoms with van der Waals surface area (Å²) in [6.45, 7) is 9.44. The molecule has 0 bridgehead atoms. The summed E-state index contributed by atoms with van der Waals surface area (Å²) in [4.78, 5) is 11.5. The standard InChI is InChI=1S/C23H28N4/c1-17-15-21(27(5)16-18-11-7-6-8-12-18)26-22(24-17)25-20-14-10-9-13-19(20)23(2,3)4/h6-15H,16H2,1-5H3,(H,24,25,26). The van der Waals surface area contributed by atoms with Gasteiger partial charge in [-0.05, 0) is 29.5 Å². The highest BCUT2D eigenvalue weighted by molar-refractivity contribution is 5.61. The van der Waals surface area contributed by atoms with E-state index < -0.39 is 0 Å². The molecular weight excluding hydrogens is 332 g/mol. The third-order valence-electron chi connectivity index (χ3n) is 4.48. The highest BCUT2D eigenvalue weighted by Gasteiger charge is 2.18. The van der Waals surface area contributed by atoms with Crippen molar-refractivity contribution in [1.29, 1.82) is 0 Å². The second-order valence-electron chi connectivity index (χ2n) is 7.95. The van der Waals surface area contributed by atoms with Gasteiger partial charge in [-0.25, -0.2) is 4.98 Å². The van der Waals surface area contributed by atoms with Crippen LogP contribution in [-0.2, 0) is 12.0 Å². The lowest BCUT2D eigenvalue weighted by atomic mass is 9.86. The second-order valence-corrected chi connectivity index (χ2v) is 7.95. The SMILES string of the molecule is Cc1cc(N(C)Cc2ccccc2)nc(Nc2ccccc2C(C)(C)C)n1. The number of rotatable bonds is 5. The fraction of sp³-hybridized carbons (Fsp3) is 0.304. The third-order valence-corrected chi connectivity index (χ3v) is 4.48. The lowest BCUT2D eigenvalue weighted by Gasteiger charge is -2.23. The van der Waals surface area contributed by atoms with Crippen LogP contribution in [0.2, 0.25) is 0 Å². The number of hydrogen-bond acceptors (Lipinski definition) is 4. The highest BCUT2D eigenvalue weighted by Crippen LogP contribution is 2.31. The Kier molecular flexibility index (Phi) is 5.45. The van der Waals surface area contributed by atoms with Gasteiger partial charge in [-0.3, -0.25) is 0 Å². The van der Waals surface area contributed by atoms with Gasteiger partial charge in [-0.1, -0.05) is 69.3 Å². The topological polar surface area (TPSA) is 41.1 Å². The molecule has 4 nitrogen and oxygen atoms in total. The molecule has 0 amide bonds. The van der Waals surface area contributed by atoms with Gasteiger partial charge in [-0.15, -0.1) is 0 Å². The van der Waals surface area contributed by atoms with Gasteiger partial charge in [-0.2, -0.15) is 4.98 Å². The summed E-state index contributed by atoms with van der Waals surface area (Å²) >= 11 is 0. The van der Waals surface area contributed by atoms with Gasteiger partial charge in [0.15, 0.2) is 0 Å². The Hall–Kier alpha value is -2.88. The highest BCUT2D eigenvalue weighted by atomic mass is 15.2. The smallest absolute Gasteiger partial charge is 0.229 e. The van der Waals surface area contributed by atoms with Crippen molar-refractivity contribution in [1.82, 2.24) is 9.97 Å². The van der Waals surface area contributed by atoms with E-state index in [-0.39, 0.29) is 5.41 Å². The lowest BCUT2D eigenvalue weighted by Crippen LogP contribution is -2.19. The maximum Gasteiger partial charge on any atom is 0.229 e. The zero-order chi connectivity index (χ0) is 19.4. The summed E-state index contributed by atoms with van der Waals surface area (Å²) < 4.78 is 0. The molecule has 1 aromatic heterocycles. The van der Waals surface area contributed by atoms with Gasteiger partial charge in [0, 0.05) is 31.0 Å². The normalized spacial score (nSPS) is 11.3. The number of anilines is 3. The summed E-state index contributed by atoms with van der Waals surface area (Å²) in [5.41, 5.74) is 4.53. The van der Waals surface area contributed by atoms with Crippen molar-refractivity contribution in [3.63, 3.8) is 0 Å². The summed E-state index contributed by atoms with van der Waals surface area (Å²) in [7, 11) is 2.06. The van der Waals surface area contributed by atoms with Crippen LogP contribution in [0, 0.1) is 6.92 Å². The Morgan fingerprint density at radius 1 is 0.926 bits per heavy atom. The van der Waals surface area contributed by atoms with Gasteiger partial charge in [0.25, 0.3) is 0 Å². The molecule has 0 aliphatic carbocycles. The van der Waals surface area contributed by atoms with E-state index in [1.165, 1.54) is 11.1 Å². The molecule has 0 spiro atoms. The zero-order valence-electron chi connectivity index (χ0n) is 16.8. The Morgan fingerprint density at radius 2 is 1.59 bits per heavy atom. The average Bonchev–Trinajstić information content (AvgIpc) is 2.61. The predicted molar refractivity (Wildman–Crippen MR) is 114 cm³/mol. The van der Waals surface area contributed by atoms with E-state index in [9.17, 15) is 0 Å². The monoisotopic (exact) mass is 360 g/mol. The predicted octanol–water partition coefficient (Wildman–Crippen LogP) is 5.46. The number of para-hydroxylation sites is 1. The van der Waals surface area contributed by atoms with Crippen LogP contribution in [0.4, 0.5) is 17.5 Å². The number of aryl methyl sites for hydroxylation is 1. The van der Waals surface area contributed by atoms with Gasteiger partial charge >= 0.3 is 0 Å². The van der Waals surface area contributed by atoms with Crippen LogP contribution in [-0.4, -0.2) is 17.0 Å². The molecule has 0 aliphatic rings. The fourth-order valence-electron chi connectivity index (χ4n) is 3.11. The summed E-state index contributed by atoms with van der Waals surface area (Å²) in [6.07, 6.45) is 0. The number of hydrogen-bond donors (Lipinski definition) is 1. The molecule has 4 heteroatoms. The van der Waals surface area contributed by atoms with E-state index >= 15 is 0 Å². The number of aromatic nitrogens is 2. The van der Waals surface area contributed by atoms with Crippen LogP contribution in [0.25, 0.3) is 0 Å². The Bertz CT molecular complexity index is 898. The van der Waals surface area contributed by atoms with Crippen molar-refractivity contribution in [2.24, 2.45) is 0 Å². The first-order valence-electron chi connectivity index (χ1n) is 9.30. The molecule has 0 saturated heterocycles. The van der Waals surface area contributed by atoms with Crippen LogP contribution in [0.1, 0.15) is 37.6 Å². The van der Waals surface area contributed by atoms with E-state index in [0.29, 0.717) is 5.95 Å². The maximum atomic E-state index is 4.75. The molecule has 3 rings (SSSR count). The minimum atomic E-state index is 0.0420. The van der Waals surface area contributed by atoms with E-state index in [4.69, 9.17) is 4.98 Å². The van der Waals surface area contributed by atoms with E-state index in [0.717, 1.165) is 23.7 Å². The van der Waals surface area contributed by atoms with Crippen molar-refractivity contribution in [3.05, 3.63) is 77.5 Å². The van der Waals surface area contributed by atoms with E-state index in [2.05, 4.69) is 85.5 Å². The van der Waals surface area contributed by atoms with Gasteiger partial charge in [0.2, 0.25) is 5.95 Å². The zero-order valence-corrected chi connectivity index (χ0v) is 16.8. The van der Waals surface area contributed by atoms with Crippen molar-refractivity contribution < 1.29 is 0 Å². The Balaban J connectivity index is 1.86. The minimum Gasteiger partial charge on any atom is -0.355 e. The van der Waals surface area contributed by atoms with Crippen LogP contribution in [0.3, 0.4) is 0 Å². The van der Waals surface area contributed by atoms with Crippen LogP contribution in [0.5, 0.6) is 0 Å². The largest absolute Gasteiger partial charge is 0.355 e. The van der Waals surface area contributed by atoms with E-state index in [1.54, 1.807) is 0 Å². The van der Waals surface area contributed by atoms with Crippen molar-refractivity contribution in [2.75, 3.05) is 17.3 Å². The molecule has 140 valence electrons. The number of nitrogens with zero attached hydrogens (tertiary/aromatic N) is 3. The van der Waals surface area contributed by atoms with Crippen LogP contribution >= 0.6 is 0 Å². The Morgan fingerprint density at radius 3 is 2.30 bits per heavy atom.